The van der Waals surface area contributed by atoms with E-state index < -0.39 is 0 Å². The van der Waals surface area contributed by atoms with Crippen LogP contribution in [0.15, 0.2) is 22.7 Å². The van der Waals surface area contributed by atoms with Gasteiger partial charge >= 0.3 is 0 Å². The molecule has 5 nitrogen and oxygen atoms in total. The molecular formula is C13H17BrN4O. The normalized spacial score (nSPS) is 10.6. The fourth-order valence-corrected chi connectivity index (χ4v) is 2.54. The van der Waals surface area contributed by atoms with Crippen molar-refractivity contribution in [2.75, 3.05) is 5.43 Å². The van der Waals surface area contributed by atoms with E-state index in [0.717, 1.165) is 27.3 Å². The van der Waals surface area contributed by atoms with Crippen LogP contribution in [0.2, 0.25) is 0 Å². The third-order valence-electron chi connectivity index (χ3n) is 2.94. The van der Waals surface area contributed by atoms with E-state index in [1.54, 1.807) is 4.68 Å². The molecule has 0 aliphatic heterocycles. The Morgan fingerprint density at radius 2 is 2.16 bits per heavy atom. The molecule has 0 saturated carbocycles. The Kier molecular flexibility index (Phi) is 4.11. The second-order valence-electron chi connectivity index (χ2n) is 4.40. The molecule has 0 fully saturated rings. The van der Waals surface area contributed by atoms with Crippen molar-refractivity contribution in [1.82, 2.24) is 9.78 Å². The number of hydrazine groups is 1. The average molecular weight is 325 g/mol. The predicted molar refractivity (Wildman–Crippen MR) is 79.0 cm³/mol. The summed E-state index contributed by atoms with van der Waals surface area (Å²) in [6, 6.07) is 5.98. The van der Waals surface area contributed by atoms with E-state index in [4.69, 9.17) is 10.6 Å². The fourth-order valence-electron chi connectivity index (χ4n) is 1.93. The average Bonchev–Trinajstić information content (AvgIpc) is 2.62. The number of hydrogen-bond donors (Lipinski definition) is 2. The Labute approximate surface area is 120 Å². The Morgan fingerprint density at radius 1 is 1.42 bits per heavy atom. The number of benzene rings is 1. The molecule has 1 aromatic heterocycles. The highest BCUT2D eigenvalue weighted by molar-refractivity contribution is 9.10. The van der Waals surface area contributed by atoms with Crippen molar-refractivity contribution in [1.29, 1.82) is 0 Å². The van der Waals surface area contributed by atoms with Gasteiger partial charge in [-0.1, -0.05) is 6.07 Å². The molecule has 0 unspecified atom stereocenters. The van der Waals surface area contributed by atoms with E-state index in [2.05, 4.69) is 26.5 Å². The van der Waals surface area contributed by atoms with Crippen LogP contribution in [0.4, 0.5) is 5.82 Å². The maximum atomic E-state index is 5.82. The van der Waals surface area contributed by atoms with E-state index in [9.17, 15) is 0 Å². The molecule has 0 aliphatic carbocycles. The van der Waals surface area contributed by atoms with Crippen molar-refractivity contribution in [2.24, 2.45) is 12.9 Å². The molecule has 102 valence electrons. The van der Waals surface area contributed by atoms with Gasteiger partial charge in [0.15, 0.2) is 0 Å². The van der Waals surface area contributed by atoms with Gasteiger partial charge < -0.3 is 10.2 Å². The molecule has 0 spiro atoms. The summed E-state index contributed by atoms with van der Waals surface area (Å²) < 4.78 is 8.47. The zero-order chi connectivity index (χ0) is 14.0. The standard InChI is InChI=1S/C13H17BrN4O/c1-8-4-5-12(11(14)6-8)19-7-10-9(2)17-18(3)13(10)16-15/h4-6,16H,7,15H2,1-3H3. The summed E-state index contributed by atoms with van der Waals surface area (Å²) >= 11 is 3.49. The molecule has 0 bridgehead atoms. The number of ether oxygens (including phenoxy) is 1. The smallest absolute Gasteiger partial charge is 0.145 e. The highest BCUT2D eigenvalue weighted by atomic mass is 79.9. The summed E-state index contributed by atoms with van der Waals surface area (Å²) in [4.78, 5) is 0. The van der Waals surface area contributed by atoms with Crippen LogP contribution in [0, 0.1) is 13.8 Å². The van der Waals surface area contributed by atoms with Crippen molar-refractivity contribution in [3.63, 3.8) is 0 Å². The quantitative estimate of drug-likeness (QED) is 0.670. The van der Waals surface area contributed by atoms with Crippen LogP contribution in [0.3, 0.4) is 0 Å². The van der Waals surface area contributed by atoms with Gasteiger partial charge in [0.05, 0.1) is 15.7 Å². The van der Waals surface area contributed by atoms with Gasteiger partial charge in [0.2, 0.25) is 0 Å². The van der Waals surface area contributed by atoms with Crippen molar-refractivity contribution in [3.8, 4) is 5.75 Å². The maximum absolute atomic E-state index is 5.82. The lowest BCUT2D eigenvalue weighted by atomic mass is 10.2. The van der Waals surface area contributed by atoms with E-state index in [0.29, 0.717) is 6.61 Å². The molecule has 6 heteroatoms. The van der Waals surface area contributed by atoms with Gasteiger partial charge in [0.25, 0.3) is 0 Å². The van der Waals surface area contributed by atoms with Crippen LogP contribution in [0.25, 0.3) is 0 Å². The summed E-state index contributed by atoms with van der Waals surface area (Å²) in [6.45, 7) is 4.39. The zero-order valence-electron chi connectivity index (χ0n) is 11.2. The van der Waals surface area contributed by atoms with Crippen LogP contribution in [0.5, 0.6) is 5.75 Å². The monoisotopic (exact) mass is 324 g/mol. The molecule has 0 atom stereocenters. The number of nitrogens with two attached hydrogens (primary N) is 1. The van der Waals surface area contributed by atoms with E-state index >= 15 is 0 Å². The van der Waals surface area contributed by atoms with Gasteiger partial charge in [-0.05, 0) is 47.5 Å². The Balaban J connectivity index is 2.19. The van der Waals surface area contributed by atoms with Gasteiger partial charge in [-0.3, -0.25) is 4.68 Å². The lowest BCUT2D eigenvalue weighted by molar-refractivity contribution is 0.304. The number of hydrogen-bond acceptors (Lipinski definition) is 4. The first-order valence-electron chi connectivity index (χ1n) is 5.91. The summed E-state index contributed by atoms with van der Waals surface area (Å²) in [5.74, 6) is 7.08. The minimum Gasteiger partial charge on any atom is -0.488 e. The molecule has 2 aromatic rings. The summed E-state index contributed by atoms with van der Waals surface area (Å²) in [7, 11) is 1.84. The van der Waals surface area contributed by atoms with Crippen LogP contribution in [-0.2, 0) is 13.7 Å². The summed E-state index contributed by atoms with van der Waals surface area (Å²) in [5, 5.41) is 4.31. The first kappa shape index (κ1) is 13.9. The molecule has 0 aliphatic rings. The zero-order valence-corrected chi connectivity index (χ0v) is 12.8. The lowest BCUT2D eigenvalue weighted by Crippen LogP contribution is -2.13. The van der Waals surface area contributed by atoms with Crippen molar-refractivity contribution < 1.29 is 4.74 Å². The Morgan fingerprint density at radius 3 is 2.79 bits per heavy atom. The topological polar surface area (TPSA) is 65.1 Å². The Hall–Kier alpha value is -1.53. The molecule has 0 amide bonds. The number of rotatable bonds is 4. The molecule has 0 radical (unpaired) electrons. The number of nitrogen functional groups attached to an aromatic ring is 1. The number of aryl methyl sites for hydroxylation is 3. The molecule has 3 N–H and O–H groups in total. The van der Waals surface area contributed by atoms with Gasteiger partial charge in [0.1, 0.15) is 18.2 Å². The van der Waals surface area contributed by atoms with Crippen LogP contribution >= 0.6 is 15.9 Å². The molecule has 2 rings (SSSR count). The first-order valence-corrected chi connectivity index (χ1v) is 6.70. The largest absolute Gasteiger partial charge is 0.488 e. The third-order valence-corrected chi connectivity index (χ3v) is 3.56. The van der Waals surface area contributed by atoms with Crippen LogP contribution in [-0.4, -0.2) is 9.78 Å². The third kappa shape index (κ3) is 2.90. The van der Waals surface area contributed by atoms with Gasteiger partial charge in [-0.15, -0.1) is 0 Å². The van der Waals surface area contributed by atoms with Crippen LogP contribution < -0.4 is 16.0 Å². The molecule has 19 heavy (non-hydrogen) atoms. The minimum absolute atomic E-state index is 0.418. The highest BCUT2D eigenvalue weighted by Gasteiger charge is 2.13. The predicted octanol–water partition coefficient (Wildman–Crippen LogP) is 2.66. The van der Waals surface area contributed by atoms with Gasteiger partial charge in [-0.25, -0.2) is 5.84 Å². The number of nitrogens with one attached hydrogen (secondary N) is 1. The fraction of sp³-hybridized carbons (Fsp3) is 0.308. The first-order chi connectivity index (χ1) is 9.02. The van der Waals surface area contributed by atoms with E-state index in [1.165, 1.54) is 5.56 Å². The van der Waals surface area contributed by atoms with E-state index in [-0.39, 0.29) is 0 Å². The van der Waals surface area contributed by atoms with Crippen molar-refractivity contribution in [2.45, 2.75) is 20.5 Å². The van der Waals surface area contributed by atoms with Gasteiger partial charge in [0, 0.05) is 7.05 Å². The molecule has 1 aromatic carbocycles. The summed E-state index contributed by atoms with van der Waals surface area (Å²) in [5.41, 5.74) is 5.69. The highest BCUT2D eigenvalue weighted by Crippen LogP contribution is 2.28. The maximum Gasteiger partial charge on any atom is 0.145 e. The van der Waals surface area contributed by atoms with Gasteiger partial charge in [-0.2, -0.15) is 5.10 Å². The second kappa shape index (κ2) is 5.63. The number of halogens is 1. The molecule has 1 heterocycles. The number of aromatic nitrogens is 2. The number of nitrogens with zero attached hydrogens (tertiary/aromatic N) is 2. The van der Waals surface area contributed by atoms with Crippen LogP contribution in [0.1, 0.15) is 16.8 Å². The lowest BCUT2D eigenvalue weighted by Gasteiger charge is -2.10. The summed E-state index contributed by atoms with van der Waals surface area (Å²) in [6.07, 6.45) is 0. The minimum atomic E-state index is 0.418. The van der Waals surface area contributed by atoms with Crippen molar-refractivity contribution >= 4 is 21.7 Å². The van der Waals surface area contributed by atoms with E-state index in [1.807, 2.05) is 39.1 Å². The second-order valence-corrected chi connectivity index (χ2v) is 5.26. The Bertz CT molecular complexity index is 595. The molecule has 0 saturated heterocycles. The van der Waals surface area contributed by atoms with Crippen molar-refractivity contribution in [3.05, 3.63) is 39.5 Å². The number of anilines is 1. The SMILES string of the molecule is Cc1ccc(OCc2c(C)nn(C)c2NN)c(Br)c1. The molecular weight excluding hydrogens is 308 g/mol.